The SMILES string of the molecule is N=C(N)N1CCc2ccc(N(S(=O)(=O)CC(=O)O)S(=O)(=O)c3ccc(OC4CCN(C=NC5CC5)CC4)cc3)cc2C1. The normalized spacial score (nSPS) is 18.1. The molecule has 13 nitrogen and oxygen atoms in total. The van der Waals surface area contributed by atoms with Crippen molar-refractivity contribution >= 4 is 44.0 Å². The molecule has 0 amide bonds. The quantitative estimate of drug-likeness (QED) is 0.261. The summed E-state index contributed by atoms with van der Waals surface area (Å²) in [6, 6.07) is 10.2. The minimum absolute atomic E-state index is 0.0597. The number of rotatable bonds is 10. The number of aliphatic carboxylic acids is 1. The molecule has 0 bridgehead atoms. The highest BCUT2D eigenvalue weighted by atomic mass is 32.3. The van der Waals surface area contributed by atoms with Crippen LogP contribution in [0.1, 0.15) is 36.8 Å². The van der Waals surface area contributed by atoms with Gasteiger partial charge < -0.3 is 25.4 Å². The molecule has 2 aliphatic heterocycles. The van der Waals surface area contributed by atoms with Crippen LogP contribution in [0.3, 0.4) is 0 Å². The Hall–Kier alpha value is -3.85. The highest BCUT2D eigenvalue weighted by Gasteiger charge is 2.38. The minimum atomic E-state index is -4.86. The van der Waals surface area contributed by atoms with E-state index in [1.165, 1.54) is 36.4 Å². The predicted octanol–water partition coefficient (Wildman–Crippen LogP) is 1.58. The zero-order chi connectivity index (χ0) is 30.1. The van der Waals surface area contributed by atoms with Crippen molar-refractivity contribution in [3.8, 4) is 5.75 Å². The Balaban J connectivity index is 1.36. The molecule has 0 unspecified atom stereocenters. The van der Waals surface area contributed by atoms with Crippen molar-refractivity contribution in [1.29, 1.82) is 5.41 Å². The molecule has 4 N–H and O–H groups in total. The van der Waals surface area contributed by atoms with Crippen molar-refractivity contribution in [1.82, 2.24) is 9.80 Å². The van der Waals surface area contributed by atoms with Gasteiger partial charge >= 0.3 is 5.97 Å². The molecule has 0 atom stereocenters. The first-order valence-electron chi connectivity index (χ1n) is 13.7. The van der Waals surface area contributed by atoms with E-state index in [1.807, 2.05) is 6.34 Å². The van der Waals surface area contributed by atoms with Crippen LogP contribution >= 0.6 is 0 Å². The second kappa shape index (κ2) is 11.8. The topological polar surface area (TPSA) is 187 Å². The Bertz CT molecular complexity index is 1580. The highest BCUT2D eigenvalue weighted by Crippen LogP contribution is 2.32. The average molecular weight is 619 g/mol. The summed E-state index contributed by atoms with van der Waals surface area (Å²) in [6.45, 7) is 2.27. The van der Waals surface area contributed by atoms with Crippen molar-refractivity contribution in [2.24, 2.45) is 10.7 Å². The lowest BCUT2D eigenvalue weighted by atomic mass is 9.99. The zero-order valence-electron chi connectivity index (χ0n) is 22.9. The summed E-state index contributed by atoms with van der Waals surface area (Å²) in [5.41, 5.74) is 6.84. The van der Waals surface area contributed by atoms with Gasteiger partial charge in [0.2, 0.25) is 0 Å². The van der Waals surface area contributed by atoms with E-state index in [1.54, 1.807) is 11.0 Å². The van der Waals surface area contributed by atoms with Crippen molar-refractivity contribution in [2.75, 3.05) is 29.1 Å². The van der Waals surface area contributed by atoms with E-state index < -0.39 is 31.8 Å². The summed E-state index contributed by atoms with van der Waals surface area (Å²) in [4.78, 5) is 19.3. The summed E-state index contributed by atoms with van der Waals surface area (Å²) in [5.74, 6) is -2.83. The summed E-state index contributed by atoms with van der Waals surface area (Å²) in [5, 5.41) is 17.0. The number of hydrogen-bond donors (Lipinski definition) is 3. The molecule has 2 heterocycles. The highest BCUT2D eigenvalue weighted by molar-refractivity contribution is 8.10. The number of anilines is 1. The number of piperidine rings is 1. The lowest BCUT2D eigenvalue weighted by molar-refractivity contribution is -0.134. The number of hydrogen-bond acceptors (Lipinski definition) is 8. The molecule has 0 radical (unpaired) electrons. The van der Waals surface area contributed by atoms with Crippen LogP contribution in [-0.2, 0) is 37.8 Å². The molecule has 1 saturated heterocycles. The second-order valence-corrected chi connectivity index (χ2v) is 14.5. The lowest BCUT2D eigenvalue weighted by Crippen LogP contribution is -2.41. The number of sulfonamides is 2. The fourth-order valence-electron chi connectivity index (χ4n) is 5.03. The van der Waals surface area contributed by atoms with Gasteiger partial charge in [-0.2, -0.15) is 3.71 Å². The zero-order valence-corrected chi connectivity index (χ0v) is 24.6. The van der Waals surface area contributed by atoms with E-state index in [4.69, 9.17) is 15.9 Å². The van der Waals surface area contributed by atoms with Crippen molar-refractivity contribution in [3.05, 3.63) is 53.6 Å². The summed E-state index contributed by atoms with van der Waals surface area (Å²) in [6.07, 6.45) is 6.24. The number of nitrogens with one attached hydrogen (secondary N) is 1. The van der Waals surface area contributed by atoms with Crippen LogP contribution in [0, 0.1) is 5.41 Å². The van der Waals surface area contributed by atoms with Crippen LogP contribution in [0.5, 0.6) is 5.75 Å². The Morgan fingerprint density at radius 2 is 1.74 bits per heavy atom. The fourth-order valence-corrected chi connectivity index (χ4v) is 8.56. The third-order valence-corrected chi connectivity index (χ3v) is 11.5. The molecule has 2 fully saturated rings. The van der Waals surface area contributed by atoms with E-state index in [0.29, 0.717) is 30.3 Å². The molecule has 5 rings (SSSR count). The van der Waals surface area contributed by atoms with Gasteiger partial charge in [-0.3, -0.25) is 15.2 Å². The first-order chi connectivity index (χ1) is 19.9. The van der Waals surface area contributed by atoms with Crippen LogP contribution < -0.4 is 14.2 Å². The number of carbonyl (C=O) groups is 1. The summed E-state index contributed by atoms with van der Waals surface area (Å²) >= 11 is 0. The van der Waals surface area contributed by atoms with Gasteiger partial charge in [-0.25, -0.2) is 16.8 Å². The number of nitrogens with two attached hydrogens (primary N) is 1. The molecule has 0 aromatic heterocycles. The number of likely N-dealkylation sites (tertiary alicyclic amines) is 1. The van der Waals surface area contributed by atoms with Crippen LogP contribution in [0.2, 0.25) is 0 Å². The van der Waals surface area contributed by atoms with Gasteiger partial charge in [0.15, 0.2) is 11.7 Å². The van der Waals surface area contributed by atoms with E-state index >= 15 is 0 Å². The molecule has 15 heteroatoms. The van der Waals surface area contributed by atoms with E-state index in [0.717, 1.165) is 44.3 Å². The predicted molar refractivity (Wildman–Crippen MR) is 157 cm³/mol. The van der Waals surface area contributed by atoms with Gasteiger partial charge in [0.05, 0.1) is 23.0 Å². The van der Waals surface area contributed by atoms with Crippen LogP contribution in [0.25, 0.3) is 0 Å². The second-order valence-electron chi connectivity index (χ2n) is 10.7. The maximum Gasteiger partial charge on any atom is 0.320 e. The Morgan fingerprint density at radius 1 is 1.05 bits per heavy atom. The van der Waals surface area contributed by atoms with Crippen LogP contribution in [-0.4, -0.2) is 87.5 Å². The number of carboxylic acid groups (broad SMARTS) is 1. The number of carboxylic acids is 1. The number of fused-ring (bicyclic) bond motifs is 1. The molecule has 1 aliphatic carbocycles. The maximum absolute atomic E-state index is 13.8. The molecule has 2 aromatic rings. The third-order valence-electron chi connectivity index (χ3n) is 7.42. The van der Waals surface area contributed by atoms with Gasteiger partial charge in [0.25, 0.3) is 20.0 Å². The van der Waals surface area contributed by atoms with E-state index in [2.05, 4.69) is 9.89 Å². The van der Waals surface area contributed by atoms with Crippen molar-refractivity contribution in [2.45, 2.75) is 55.7 Å². The Kier molecular flexibility index (Phi) is 8.32. The van der Waals surface area contributed by atoms with Crippen molar-refractivity contribution in [3.63, 3.8) is 0 Å². The summed E-state index contributed by atoms with van der Waals surface area (Å²) in [7, 11) is -9.62. The van der Waals surface area contributed by atoms with E-state index in [9.17, 15) is 26.7 Å². The van der Waals surface area contributed by atoms with Crippen LogP contribution in [0.4, 0.5) is 5.69 Å². The fraction of sp³-hybridized carbons (Fsp3) is 0.444. The molecule has 2 aromatic carbocycles. The van der Waals surface area contributed by atoms with E-state index in [-0.39, 0.29) is 32.9 Å². The molecular formula is C27H34N6O7S2. The molecule has 42 heavy (non-hydrogen) atoms. The monoisotopic (exact) mass is 618 g/mol. The number of guanidine groups is 1. The van der Waals surface area contributed by atoms with Crippen molar-refractivity contribution < 1.29 is 31.5 Å². The van der Waals surface area contributed by atoms with Gasteiger partial charge in [-0.05, 0) is 66.8 Å². The first-order valence-corrected chi connectivity index (χ1v) is 16.7. The number of aliphatic imine (C=N–C) groups is 1. The molecule has 1 saturated carbocycles. The number of nitrogens with zero attached hydrogens (tertiary/aromatic N) is 4. The molecule has 0 spiro atoms. The van der Waals surface area contributed by atoms with Gasteiger partial charge in [0, 0.05) is 39.0 Å². The van der Waals surface area contributed by atoms with Gasteiger partial charge in [-0.1, -0.05) is 6.07 Å². The largest absolute Gasteiger partial charge is 0.490 e. The van der Waals surface area contributed by atoms with Crippen LogP contribution in [0.15, 0.2) is 52.4 Å². The number of ether oxygens (including phenoxy) is 1. The average Bonchev–Trinajstić information content (AvgIpc) is 3.76. The lowest BCUT2D eigenvalue weighted by Gasteiger charge is -2.31. The third kappa shape index (κ3) is 6.78. The molecule has 3 aliphatic rings. The first kappa shape index (κ1) is 29.6. The minimum Gasteiger partial charge on any atom is -0.490 e. The van der Waals surface area contributed by atoms with Gasteiger partial charge in [0.1, 0.15) is 11.9 Å². The Morgan fingerprint density at radius 3 is 2.36 bits per heavy atom. The molecule has 226 valence electrons. The van der Waals surface area contributed by atoms with Gasteiger partial charge in [-0.15, -0.1) is 0 Å². The Labute approximate surface area is 245 Å². The molecular weight excluding hydrogens is 584 g/mol. The standard InChI is InChI=1S/C27H34N6O7S2/c28-27(29)32-14-9-19-1-4-22(15-20(19)16-32)33(41(36,37)17-26(34)35)42(38,39)25-7-5-23(6-8-25)40-24-10-12-31(13-11-24)18-30-21-2-3-21/h1,4-8,15,18,21,24H,2-3,9-14,16-17H2,(H3,28,29)(H,34,35). The maximum atomic E-state index is 13.8. The summed E-state index contributed by atoms with van der Waals surface area (Å²) < 4.78 is 60.2. The smallest absolute Gasteiger partial charge is 0.320 e. The number of benzene rings is 2.